The second-order valence-electron chi connectivity index (χ2n) is 5.12. The van der Waals surface area contributed by atoms with E-state index in [1.54, 1.807) is 0 Å². The first-order chi connectivity index (χ1) is 7.37. The first-order valence-electron chi connectivity index (χ1n) is 5.54. The predicted molar refractivity (Wildman–Crippen MR) is 76.6 cm³/mol. The number of benzene rings is 1. The molecule has 0 aliphatic carbocycles. The van der Waals surface area contributed by atoms with Gasteiger partial charge in [0, 0.05) is 15.7 Å². The lowest BCUT2D eigenvalue weighted by Crippen LogP contribution is -2.41. The molecule has 3 heteroatoms. The van der Waals surface area contributed by atoms with Gasteiger partial charge in [-0.2, -0.15) is 0 Å². The van der Waals surface area contributed by atoms with E-state index in [2.05, 4.69) is 72.9 Å². The number of hydrogen-bond acceptors (Lipinski definition) is 2. The third kappa shape index (κ3) is 5.82. The van der Waals surface area contributed by atoms with Gasteiger partial charge in [0.25, 0.3) is 0 Å². The van der Waals surface area contributed by atoms with E-state index >= 15 is 0 Å². The largest absolute Gasteiger partial charge is 0.391 e. The van der Waals surface area contributed by atoms with Crippen molar-refractivity contribution >= 4 is 22.6 Å². The average molecular weight is 333 g/mol. The summed E-state index contributed by atoms with van der Waals surface area (Å²) in [7, 11) is 0. The van der Waals surface area contributed by atoms with Crippen LogP contribution in [0.4, 0.5) is 0 Å². The van der Waals surface area contributed by atoms with Crippen molar-refractivity contribution in [1.29, 1.82) is 0 Å². The molecule has 0 spiro atoms. The highest BCUT2D eigenvalue weighted by molar-refractivity contribution is 14.1. The van der Waals surface area contributed by atoms with Gasteiger partial charge in [0.2, 0.25) is 0 Å². The highest BCUT2D eigenvalue weighted by atomic mass is 127. The number of aliphatic hydroxyl groups is 1. The Hall–Kier alpha value is -0.130. The van der Waals surface area contributed by atoms with Crippen LogP contribution in [0.3, 0.4) is 0 Å². The first-order valence-corrected chi connectivity index (χ1v) is 6.62. The number of nitrogens with one attached hydrogen (secondary N) is 1. The summed E-state index contributed by atoms with van der Waals surface area (Å²) in [5.74, 6) is 0. The summed E-state index contributed by atoms with van der Waals surface area (Å²) in [4.78, 5) is 0. The zero-order valence-corrected chi connectivity index (χ0v) is 12.3. The fourth-order valence-corrected chi connectivity index (χ4v) is 1.75. The summed E-state index contributed by atoms with van der Waals surface area (Å²) in [5.41, 5.74) is 1.25. The summed E-state index contributed by atoms with van der Waals surface area (Å²) >= 11 is 2.28. The van der Waals surface area contributed by atoms with E-state index in [4.69, 9.17) is 0 Å². The van der Waals surface area contributed by atoms with E-state index in [1.165, 1.54) is 9.13 Å². The lowest BCUT2D eigenvalue weighted by atomic mass is 10.1. The number of aliphatic hydroxyl groups excluding tert-OH is 1. The van der Waals surface area contributed by atoms with Crippen LogP contribution < -0.4 is 5.32 Å². The van der Waals surface area contributed by atoms with Gasteiger partial charge in [-0.15, -0.1) is 0 Å². The van der Waals surface area contributed by atoms with Gasteiger partial charge in [0.1, 0.15) is 0 Å². The van der Waals surface area contributed by atoms with Crippen molar-refractivity contribution in [2.24, 2.45) is 0 Å². The second kappa shape index (κ2) is 5.98. The van der Waals surface area contributed by atoms with E-state index in [1.807, 2.05) is 0 Å². The number of halogens is 1. The maximum Gasteiger partial charge on any atom is 0.0705 e. The number of rotatable bonds is 4. The van der Waals surface area contributed by atoms with E-state index in [0.717, 1.165) is 0 Å². The Morgan fingerprint density at radius 3 is 2.31 bits per heavy atom. The molecule has 1 unspecified atom stereocenters. The average Bonchev–Trinajstić information content (AvgIpc) is 2.18. The molecule has 0 aromatic heterocycles. The summed E-state index contributed by atoms with van der Waals surface area (Å²) in [6.07, 6.45) is 0.388. The molecule has 1 atom stereocenters. The minimum absolute atomic E-state index is 0.0625. The van der Waals surface area contributed by atoms with Crippen molar-refractivity contribution in [2.75, 3.05) is 6.54 Å². The highest BCUT2D eigenvalue weighted by Gasteiger charge is 2.12. The lowest BCUT2D eigenvalue weighted by Gasteiger charge is -2.22. The van der Waals surface area contributed by atoms with Crippen LogP contribution in [0.25, 0.3) is 0 Å². The topological polar surface area (TPSA) is 32.3 Å². The SMILES string of the molecule is CC(C)(C)NCC(O)Cc1ccc(I)cc1. The Morgan fingerprint density at radius 2 is 1.81 bits per heavy atom. The van der Waals surface area contributed by atoms with Crippen molar-refractivity contribution in [3.8, 4) is 0 Å². The molecule has 0 amide bonds. The molecule has 2 nitrogen and oxygen atoms in total. The fourth-order valence-electron chi connectivity index (χ4n) is 1.39. The van der Waals surface area contributed by atoms with Gasteiger partial charge in [0.15, 0.2) is 0 Å². The van der Waals surface area contributed by atoms with E-state index in [9.17, 15) is 5.11 Å². The van der Waals surface area contributed by atoms with Crippen LogP contribution in [0.2, 0.25) is 0 Å². The third-order valence-corrected chi connectivity index (χ3v) is 2.97. The summed E-state index contributed by atoms with van der Waals surface area (Å²) in [5, 5.41) is 13.2. The summed E-state index contributed by atoms with van der Waals surface area (Å²) in [6.45, 7) is 6.94. The Balaban J connectivity index is 2.39. The van der Waals surface area contributed by atoms with Gasteiger partial charge in [-0.3, -0.25) is 0 Å². The molecule has 1 aromatic rings. The van der Waals surface area contributed by atoms with Crippen LogP contribution in [0, 0.1) is 3.57 Å². The van der Waals surface area contributed by atoms with Crippen molar-refractivity contribution in [3.05, 3.63) is 33.4 Å². The predicted octanol–water partition coefficient (Wildman–Crippen LogP) is 2.58. The molecule has 0 radical (unpaired) electrons. The van der Waals surface area contributed by atoms with Crippen LogP contribution in [0.1, 0.15) is 26.3 Å². The van der Waals surface area contributed by atoms with Gasteiger partial charge in [-0.25, -0.2) is 0 Å². The van der Waals surface area contributed by atoms with Gasteiger partial charge in [0.05, 0.1) is 6.10 Å². The van der Waals surface area contributed by atoms with Crippen LogP contribution in [-0.4, -0.2) is 23.3 Å². The van der Waals surface area contributed by atoms with Crippen molar-refractivity contribution in [2.45, 2.75) is 38.8 Å². The number of hydrogen-bond donors (Lipinski definition) is 2. The van der Waals surface area contributed by atoms with Gasteiger partial charge < -0.3 is 10.4 Å². The second-order valence-corrected chi connectivity index (χ2v) is 6.36. The zero-order chi connectivity index (χ0) is 12.2. The molecule has 0 aliphatic heterocycles. The molecule has 0 fully saturated rings. The molecule has 0 saturated heterocycles. The molecule has 0 bridgehead atoms. The molecule has 0 aliphatic rings. The zero-order valence-electron chi connectivity index (χ0n) is 10.1. The van der Waals surface area contributed by atoms with Crippen molar-refractivity contribution in [1.82, 2.24) is 5.32 Å². The maximum atomic E-state index is 9.87. The van der Waals surface area contributed by atoms with Crippen LogP contribution in [0.5, 0.6) is 0 Å². The van der Waals surface area contributed by atoms with Crippen molar-refractivity contribution < 1.29 is 5.11 Å². The Morgan fingerprint density at radius 1 is 1.25 bits per heavy atom. The van der Waals surface area contributed by atoms with E-state index in [0.29, 0.717) is 13.0 Å². The molecule has 0 saturated carbocycles. The minimum atomic E-state index is -0.320. The maximum absolute atomic E-state index is 9.87. The molecule has 1 rings (SSSR count). The standard InChI is InChI=1S/C13H20INO/c1-13(2,3)15-9-12(16)8-10-4-6-11(14)7-5-10/h4-7,12,15-16H,8-9H2,1-3H3. The molecular formula is C13H20INO. The van der Waals surface area contributed by atoms with E-state index in [-0.39, 0.29) is 11.6 Å². The quantitative estimate of drug-likeness (QED) is 0.830. The third-order valence-electron chi connectivity index (χ3n) is 2.25. The van der Waals surface area contributed by atoms with Gasteiger partial charge in [-0.05, 0) is 67.5 Å². The lowest BCUT2D eigenvalue weighted by molar-refractivity contribution is 0.161. The summed E-state index contributed by atoms with van der Waals surface area (Å²) in [6, 6.07) is 8.28. The van der Waals surface area contributed by atoms with Crippen LogP contribution in [0.15, 0.2) is 24.3 Å². The number of β-amino-alcohol motifs (C(OH)–C–C–N with tert-alkyl or cyclic N) is 1. The van der Waals surface area contributed by atoms with Crippen LogP contribution in [-0.2, 0) is 6.42 Å². The van der Waals surface area contributed by atoms with Gasteiger partial charge >= 0.3 is 0 Å². The fraction of sp³-hybridized carbons (Fsp3) is 0.538. The molecule has 2 N–H and O–H groups in total. The Kier molecular flexibility index (Phi) is 5.21. The molecular weight excluding hydrogens is 313 g/mol. The molecule has 90 valence electrons. The van der Waals surface area contributed by atoms with Gasteiger partial charge in [-0.1, -0.05) is 12.1 Å². The normalized spacial score (nSPS) is 13.8. The van der Waals surface area contributed by atoms with E-state index < -0.39 is 0 Å². The first kappa shape index (κ1) is 13.9. The molecule has 16 heavy (non-hydrogen) atoms. The molecule has 1 aromatic carbocycles. The van der Waals surface area contributed by atoms with Crippen LogP contribution >= 0.6 is 22.6 Å². The Labute approximate surface area is 112 Å². The van der Waals surface area contributed by atoms with Crippen molar-refractivity contribution in [3.63, 3.8) is 0 Å². The minimum Gasteiger partial charge on any atom is -0.391 e. The Bertz CT molecular complexity index is 316. The monoisotopic (exact) mass is 333 g/mol. The molecule has 0 heterocycles. The highest BCUT2D eigenvalue weighted by Crippen LogP contribution is 2.09. The smallest absolute Gasteiger partial charge is 0.0705 e. The summed E-state index contributed by atoms with van der Waals surface area (Å²) < 4.78 is 1.23.